The van der Waals surface area contributed by atoms with Crippen molar-refractivity contribution >= 4 is 6.09 Å². The molecule has 116 valence electrons. The first kappa shape index (κ1) is 15.8. The molecule has 2 rings (SSSR count). The van der Waals surface area contributed by atoms with Crippen LogP contribution in [0, 0.1) is 0 Å². The third kappa shape index (κ3) is 5.38. The van der Waals surface area contributed by atoms with Crippen LogP contribution in [0.5, 0.6) is 0 Å². The van der Waals surface area contributed by atoms with Gasteiger partial charge in [-0.1, -0.05) is 24.3 Å². The number of alkyl carbamates (subject to hydrolysis) is 1. The van der Waals surface area contributed by atoms with Gasteiger partial charge in [0.25, 0.3) is 0 Å². The van der Waals surface area contributed by atoms with E-state index < -0.39 is 11.7 Å². The van der Waals surface area contributed by atoms with Gasteiger partial charge in [0.1, 0.15) is 5.60 Å². The second-order valence-electron chi connectivity index (χ2n) is 6.80. The Kier molecular flexibility index (Phi) is 4.88. The molecule has 0 spiro atoms. The molecule has 1 aliphatic rings. The second-order valence-corrected chi connectivity index (χ2v) is 6.80. The minimum Gasteiger partial charge on any atom is -0.444 e. The Labute approximate surface area is 127 Å². The Balaban J connectivity index is 1.87. The van der Waals surface area contributed by atoms with Crippen LogP contribution in [0.3, 0.4) is 0 Å². The fourth-order valence-corrected chi connectivity index (χ4v) is 2.29. The third-order valence-corrected chi connectivity index (χ3v) is 3.52. The molecule has 0 bridgehead atoms. The van der Waals surface area contributed by atoms with Gasteiger partial charge < -0.3 is 15.8 Å². The molecule has 1 unspecified atom stereocenters. The van der Waals surface area contributed by atoms with Crippen molar-refractivity contribution in [2.24, 2.45) is 5.73 Å². The Bertz CT molecular complexity index is 473. The van der Waals surface area contributed by atoms with Crippen molar-refractivity contribution in [3.8, 4) is 0 Å². The van der Waals surface area contributed by atoms with Crippen molar-refractivity contribution in [3.63, 3.8) is 0 Å². The monoisotopic (exact) mass is 290 g/mol. The first-order valence-electron chi connectivity index (χ1n) is 7.66. The molecule has 0 radical (unpaired) electrons. The van der Waals surface area contributed by atoms with E-state index in [9.17, 15) is 4.79 Å². The summed E-state index contributed by atoms with van der Waals surface area (Å²) < 4.78 is 5.26. The van der Waals surface area contributed by atoms with Crippen LogP contribution in [0.2, 0.25) is 0 Å². The minimum atomic E-state index is -0.491. The molecule has 0 aliphatic heterocycles. The van der Waals surface area contributed by atoms with E-state index in [2.05, 4.69) is 29.6 Å². The minimum absolute atomic E-state index is 0.105. The molecule has 1 amide bonds. The van der Waals surface area contributed by atoms with Crippen LogP contribution in [-0.4, -0.2) is 24.3 Å². The van der Waals surface area contributed by atoms with Crippen molar-refractivity contribution < 1.29 is 9.53 Å². The summed E-state index contributed by atoms with van der Waals surface area (Å²) in [5.74, 6) is 0.768. The van der Waals surface area contributed by atoms with Crippen LogP contribution in [0.25, 0.3) is 0 Å². The summed E-state index contributed by atoms with van der Waals surface area (Å²) >= 11 is 0. The normalized spacial score (nSPS) is 16.4. The van der Waals surface area contributed by atoms with Gasteiger partial charge in [-0.25, -0.2) is 4.79 Å². The van der Waals surface area contributed by atoms with Gasteiger partial charge in [-0.15, -0.1) is 0 Å². The maximum Gasteiger partial charge on any atom is 0.407 e. The smallest absolute Gasteiger partial charge is 0.407 e. The van der Waals surface area contributed by atoms with Gasteiger partial charge in [0, 0.05) is 12.6 Å². The van der Waals surface area contributed by atoms with E-state index in [1.54, 1.807) is 0 Å². The largest absolute Gasteiger partial charge is 0.444 e. The lowest BCUT2D eigenvalue weighted by atomic mass is 10.0. The number of nitrogens with one attached hydrogen (secondary N) is 1. The number of benzene rings is 1. The highest BCUT2D eigenvalue weighted by atomic mass is 16.6. The zero-order valence-corrected chi connectivity index (χ0v) is 13.2. The fraction of sp³-hybridized carbons (Fsp3) is 0.588. The summed E-state index contributed by atoms with van der Waals surface area (Å²) in [6.45, 7) is 5.94. The van der Waals surface area contributed by atoms with Crippen molar-refractivity contribution in [1.82, 2.24) is 5.32 Å². The average Bonchev–Trinajstić information content (AvgIpc) is 3.21. The van der Waals surface area contributed by atoms with Crippen molar-refractivity contribution in [1.29, 1.82) is 0 Å². The second kappa shape index (κ2) is 6.48. The zero-order valence-electron chi connectivity index (χ0n) is 13.2. The van der Waals surface area contributed by atoms with Crippen LogP contribution in [0.1, 0.15) is 50.7 Å². The van der Waals surface area contributed by atoms with E-state index >= 15 is 0 Å². The molecule has 1 fully saturated rings. The number of carbonyl (C=O) groups excluding carboxylic acids is 1. The molecule has 1 aliphatic carbocycles. The van der Waals surface area contributed by atoms with Crippen LogP contribution in [0.15, 0.2) is 24.3 Å². The molecule has 1 atom stereocenters. The van der Waals surface area contributed by atoms with Crippen LogP contribution >= 0.6 is 0 Å². The predicted octanol–water partition coefficient (Wildman–Crippen LogP) is 2.96. The summed E-state index contributed by atoms with van der Waals surface area (Å²) in [7, 11) is 0. The van der Waals surface area contributed by atoms with Crippen molar-refractivity contribution in [2.75, 3.05) is 6.54 Å². The molecule has 21 heavy (non-hydrogen) atoms. The van der Waals surface area contributed by atoms with Gasteiger partial charge in [0.15, 0.2) is 0 Å². The van der Waals surface area contributed by atoms with E-state index in [1.807, 2.05) is 20.8 Å². The Morgan fingerprint density at radius 3 is 2.43 bits per heavy atom. The van der Waals surface area contributed by atoms with Gasteiger partial charge >= 0.3 is 6.09 Å². The predicted molar refractivity (Wildman–Crippen MR) is 84.3 cm³/mol. The maximum absolute atomic E-state index is 11.8. The van der Waals surface area contributed by atoms with Crippen LogP contribution < -0.4 is 11.1 Å². The van der Waals surface area contributed by atoms with Gasteiger partial charge in [-0.05, 0) is 57.1 Å². The fourth-order valence-electron chi connectivity index (χ4n) is 2.29. The average molecular weight is 290 g/mol. The number of ether oxygens (including phenoxy) is 1. The number of hydrogen-bond donors (Lipinski definition) is 2. The maximum atomic E-state index is 11.8. The molecule has 4 heteroatoms. The Morgan fingerprint density at radius 1 is 1.33 bits per heavy atom. The van der Waals surface area contributed by atoms with Gasteiger partial charge in [0.2, 0.25) is 0 Å². The molecule has 3 N–H and O–H groups in total. The molecule has 4 nitrogen and oxygen atoms in total. The molecule has 1 aromatic carbocycles. The number of nitrogens with two attached hydrogens (primary N) is 1. The highest BCUT2D eigenvalue weighted by Gasteiger charge is 2.23. The van der Waals surface area contributed by atoms with E-state index in [0.717, 1.165) is 12.3 Å². The lowest BCUT2D eigenvalue weighted by molar-refractivity contribution is 0.0506. The Hall–Kier alpha value is -1.55. The van der Waals surface area contributed by atoms with Crippen LogP contribution in [-0.2, 0) is 11.2 Å². The molecule has 1 saturated carbocycles. The first-order valence-corrected chi connectivity index (χ1v) is 7.66. The highest BCUT2D eigenvalue weighted by molar-refractivity contribution is 5.68. The lowest BCUT2D eigenvalue weighted by Gasteiger charge is -2.23. The van der Waals surface area contributed by atoms with E-state index in [-0.39, 0.29) is 6.04 Å². The molecule has 0 saturated heterocycles. The summed E-state index contributed by atoms with van der Waals surface area (Å²) in [6.07, 6.45) is 2.93. The summed E-state index contributed by atoms with van der Waals surface area (Å²) in [6, 6.07) is 8.54. The first-order chi connectivity index (χ1) is 9.87. The summed E-state index contributed by atoms with van der Waals surface area (Å²) in [5, 5.41) is 2.84. The molecule has 0 aromatic heterocycles. The summed E-state index contributed by atoms with van der Waals surface area (Å²) in [5.41, 5.74) is 7.87. The highest BCUT2D eigenvalue weighted by Crippen LogP contribution is 2.39. The molecular weight excluding hydrogens is 264 g/mol. The van der Waals surface area contributed by atoms with Gasteiger partial charge in [-0.3, -0.25) is 0 Å². The Morgan fingerprint density at radius 2 is 1.95 bits per heavy atom. The van der Waals surface area contributed by atoms with Crippen molar-refractivity contribution in [3.05, 3.63) is 35.4 Å². The van der Waals surface area contributed by atoms with E-state index in [0.29, 0.717) is 6.54 Å². The van der Waals surface area contributed by atoms with Gasteiger partial charge in [-0.2, -0.15) is 0 Å². The van der Waals surface area contributed by atoms with E-state index in [4.69, 9.17) is 10.5 Å². The zero-order chi connectivity index (χ0) is 15.5. The van der Waals surface area contributed by atoms with Crippen LogP contribution in [0.4, 0.5) is 4.79 Å². The number of hydrogen-bond acceptors (Lipinski definition) is 3. The topological polar surface area (TPSA) is 64.3 Å². The number of rotatable bonds is 5. The number of carbonyl (C=O) groups is 1. The van der Waals surface area contributed by atoms with Gasteiger partial charge in [0.05, 0.1) is 0 Å². The third-order valence-electron chi connectivity index (χ3n) is 3.52. The summed E-state index contributed by atoms with van der Waals surface area (Å²) in [4.78, 5) is 11.8. The van der Waals surface area contributed by atoms with E-state index in [1.165, 1.54) is 24.0 Å². The molecule has 0 heterocycles. The SMILES string of the molecule is CC(C)(C)OC(=O)NC(CN)Cc1ccc(C2CC2)cc1. The standard InChI is InChI=1S/C17H26N2O2/c1-17(2,3)21-16(20)19-15(11-18)10-12-4-6-13(7-5-12)14-8-9-14/h4-7,14-15H,8-11,18H2,1-3H3,(H,19,20). The molecular formula is C17H26N2O2. The number of amides is 1. The quantitative estimate of drug-likeness (QED) is 0.876. The lowest BCUT2D eigenvalue weighted by Crippen LogP contribution is -2.44. The van der Waals surface area contributed by atoms with Crippen molar-refractivity contribution in [2.45, 2.75) is 57.6 Å². The molecule has 1 aromatic rings.